The highest BCUT2D eigenvalue weighted by Crippen LogP contribution is 2.25. The summed E-state index contributed by atoms with van der Waals surface area (Å²) in [5.74, 6) is 0.641. The Bertz CT molecular complexity index is 573. The SMILES string of the molecule is CCN(C)C(=O)C(C)Nc1nc2c(cc1C(N)=S)CCC2. The number of hydrogen-bond acceptors (Lipinski definition) is 4. The first-order valence-electron chi connectivity index (χ1n) is 7.28. The lowest BCUT2D eigenvalue weighted by atomic mass is 10.1. The van der Waals surface area contributed by atoms with Gasteiger partial charge in [-0.25, -0.2) is 4.98 Å². The normalized spacial score (nSPS) is 14.4. The van der Waals surface area contributed by atoms with E-state index in [1.807, 2.05) is 19.9 Å². The van der Waals surface area contributed by atoms with Gasteiger partial charge in [0.1, 0.15) is 16.8 Å². The summed E-state index contributed by atoms with van der Waals surface area (Å²) in [5.41, 5.74) is 8.83. The van der Waals surface area contributed by atoms with Crippen molar-refractivity contribution >= 4 is 28.9 Å². The molecule has 0 aliphatic heterocycles. The van der Waals surface area contributed by atoms with Crippen LogP contribution in [0.3, 0.4) is 0 Å². The third kappa shape index (κ3) is 3.32. The third-order valence-electron chi connectivity index (χ3n) is 3.89. The number of aryl methyl sites for hydroxylation is 2. The number of rotatable bonds is 5. The number of amides is 1. The molecule has 1 atom stereocenters. The monoisotopic (exact) mass is 306 g/mol. The van der Waals surface area contributed by atoms with E-state index in [4.69, 9.17) is 18.0 Å². The molecule has 0 saturated carbocycles. The summed E-state index contributed by atoms with van der Waals surface area (Å²) < 4.78 is 0. The Balaban J connectivity index is 2.27. The summed E-state index contributed by atoms with van der Waals surface area (Å²) in [7, 11) is 1.78. The van der Waals surface area contributed by atoms with E-state index in [0.29, 0.717) is 17.4 Å². The van der Waals surface area contributed by atoms with Gasteiger partial charge in [-0.05, 0) is 44.7 Å². The first-order valence-corrected chi connectivity index (χ1v) is 7.69. The molecule has 0 bridgehead atoms. The van der Waals surface area contributed by atoms with Crippen molar-refractivity contribution in [2.24, 2.45) is 5.73 Å². The number of nitrogens with two attached hydrogens (primary N) is 1. The Morgan fingerprint density at radius 2 is 2.29 bits per heavy atom. The zero-order valence-corrected chi connectivity index (χ0v) is 13.6. The van der Waals surface area contributed by atoms with Crippen LogP contribution in [-0.2, 0) is 17.6 Å². The topological polar surface area (TPSA) is 71.2 Å². The second-order valence-corrected chi connectivity index (χ2v) is 5.87. The van der Waals surface area contributed by atoms with E-state index in [2.05, 4.69) is 10.3 Å². The lowest BCUT2D eigenvalue weighted by Crippen LogP contribution is -2.39. The first kappa shape index (κ1) is 15.7. The van der Waals surface area contributed by atoms with Crippen molar-refractivity contribution in [3.8, 4) is 0 Å². The minimum Gasteiger partial charge on any atom is -0.389 e. The molecule has 0 aromatic carbocycles. The van der Waals surface area contributed by atoms with Gasteiger partial charge in [0, 0.05) is 19.3 Å². The van der Waals surface area contributed by atoms with Gasteiger partial charge < -0.3 is 16.0 Å². The molecule has 1 aromatic heterocycles. The van der Waals surface area contributed by atoms with E-state index in [1.54, 1.807) is 11.9 Å². The van der Waals surface area contributed by atoms with Crippen LogP contribution in [0, 0.1) is 0 Å². The maximum absolute atomic E-state index is 12.2. The maximum atomic E-state index is 12.2. The van der Waals surface area contributed by atoms with Gasteiger partial charge >= 0.3 is 0 Å². The second-order valence-electron chi connectivity index (χ2n) is 5.43. The molecule has 6 heteroatoms. The molecular formula is C15H22N4OS. The van der Waals surface area contributed by atoms with E-state index >= 15 is 0 Å². The summed E-state index contributed by atoms with van der Waals surface area (Å²) in [6.07, 6.45) is 3.10. The summed E-state index contributed by atoms with van der Waals surface area (Å²) >= 11 is 5.12. The Morgan fingerprint density at radius 3 is 2.90 bits per heavy atom. The van der Waals surface area contributed by atoms with E-state index in [0.717, 1.165) is 30.5 Å². The van der Waals surface area contributed by atoms with Gasteiger partial charge in [-0.3, -0.25) is 4.79 Å². The molecule has 1 aromatic rings. The van der Waals surface area contributed by atoms with Gasteiger partial charge in [0.25, 0.3) is 0 Å². The number of nitrogens with one attached hydrogen (secondary N) is 1. The highest BCUT2D eigenvalue weighted by molar-refractivity contribution is 7.80. The van der Waals surface area contributed by atoms with Gasteiger partial charge in [0.05, 0.1) is 5.56 Å². The molecule has 0 saturated heterocycles. The maximum Gasteiger partial charge on any atom is 0.244 e. The quantitative estimate of drug-likeness (QED) is 0.806. The van der Waals surface area contributed by atoms with Crippen LogP contribution in [-0.4, -0.2) is 40.4 Å². The third-order valence-corrected chi connectivity index (χ3v) is 4.11. The Morgan fingerprint density at radius 1 is 1.57 bits per heavy atom. The van der Waals surface area contributed by atoms with Crippen molar-refractivity contribution < 1.29 is 4.79 Å². The van der Waals surface area contributed by atoms with Crippen molar-refractivity contribution in [3.63, 3.8) is 0 Å². The number of hydrogen-bond donors (Lipinski definition) is 2. The molecule has 0 radical (unpaired) electrons. The smallest absolute Gasteiger partial charge is 0.244 e. The average molecular weight is 306 g/mol. The Kier molecular flexibility index (Phi) is 4.77. The van der Waals surface area contributed by atoms with E-state index in [1.165, 1.54) is 5.56 Å². The lowest BCUT2D eigenvalue weighted by molar-refractivity contribution is -0.130. The Hall–Kier alpha value is -1.69. The van der Waals surface area contributed by atoms with E-state index in [9.17, 15) is 4.79 Å². The molecule has 1 heterocycles. The molecule has 5 nitrogen and oxygen atoms in total. The van der Waals surface area contributed by atoms with Gasteiger partial charge in [-0.15, -0.1) is 0 Å². The number of carbonyl (C=O) groups excluding carboxylic acids is 1. The van der Waals surface area contributed by atoms with Crippen LogP contribution in [0.25, 0.3) is 0 Å². The molecular weight excluding hydrogens is 284 g/mol. The van der Waals surface area contributed by atoms with Crippen LogP contribution < -0.4 is 11.1 Å². The standard InChI is InChI=1S/C15H22N4OS/c1-4-19(3)15(20)9(2)17-14-11(13(16)21)8-10-6-5-7-12(10)18-14/h8-9H,4-7H2,1-3H3,(H2,16,21)(H,17,18). The zero-order valence-electron chi connectivity index (χ0n) is 12.8. The molecule has 0 spiro atoms. The molecule has 21 heavy (non-hydrogen) atoms. The Labute approximate surface area is 130 Å². The van der Waals surface area contributed by atoms with Crippen LogP contribution in [0.5, 0.6) is 0 Å². The van der Waals surface area contributed by atoms with Crippen molar-refractivity contribution in [1.82, 2.24) is 9.88 Å². The van der Waals surface area contributed by atoms with Gasteiger partial charge in [0.15, 0.2) is 0 Å². The molecule has 114 valence electrons. The molecule has 3 N–H and O–H groups in total. The zero-order chi connectivity index (χ0) is 15.6. The second kappa shape index (κ2) is 6.39. The summed E-state index contributed by atoms with van der Waals surface area (Å²) in [5, 5.41) is 3.17. The molecule has 1 amide bonds. The number of pyridine rings is 1. The minimum atomic E-state index is -0.366. The molecule has 1 unspecified atom stereocenters. The van der Waals surface area contributed by atoms with Crippen LogP contribution in [0.2, 0.25) is 0 Å². The van der Waals surface area contributed by atoms with Crippen LogP contribution in [0.15, 0.2) is 6.07 Å². The first-order chi connectivity index (χ1) is 9.93. The van der Waals surface area contributed by atoms with Crippen LogP contribution in [0.4, 0.5) is 5.82 Å². The van der Waals surface area contributed by atoms with Crippen LogP contribution in [0.1, 0.15) is 37.1 Å². The van der Waals surface area contributed by atoms with Crippen LogP contribution >= 0.6 is 12.2 Å². The number of anilines is 1. The molecule has 1 aliphatic carbocycles. The fourth-order valence-electron chi connectivity index (χ4n) is 2.52. The van der Waals surface area contributed by atoms with Gasteiger partial charge in [0.2, 0.25) is 5.91 Å². The number of carbonyl (C=O) groups is 1. The van der Waals surface area contributed by atoms with Crippen molar-refractivity contribution in [1.29, 1.82) is 0 Å². The van der Waals surface area contributed by atoms with E-state index < -0.39 is 0 Å². The summed E-state index contributed by atoms with van der Waals surface area (Å²) in [6.45, 7) is 4.44. The lowest BCUT2D eigenvalue weighted by Gasteiger charge is -2.22. The number of likely N-dealkylation sites (N-methyl/N-ethyl adjacent to an activating group) is 1. The number of thiocarbonyl (C=S) groups is 1. The number of fused-ring (bicyclic) bond motifs is 1. The number of aromatic nitrogens is 1. The highest BCUT2D eigenvalue weighted by atomic mass is 32.1. The van der Waals surface area contributed by atoms with Gasteiger partial charge in [-0.1, -0.05) is 12.2 Å². The average Bonchev–Trinajstić information content (AvgIpc) is 2.91. The van der Waals surface area contributed by atoms with E-state index in [-0.39, 0.29) is 11.9 Å². The highest BCUT2D eigenvalue weighted by Gasteiger charge is 2.21. The van der Waals surface area contributed by atoms with Crippen molar-refractivity contribution in [2.45, 2.75) is 39.2 Å². The molecule has 2 rings (SSSR count). The fraction of sp³-hybridized carbons (Fsp3) is 0.533. The van der Waals surface area contributed by atoms with Crippen molar-refractivity contribution in [2.75, 3.05) is 18.9 Å². The minimum absolute atomic E-state index is 0.0219. The number of nitrogens with zero attached hydrogens (tertiary/aromatic N) is 2. The van der Waals surface area contributed by atoms with Gasteiger partial charge in [-0.2, -0.15) is 0 Å². The predicted molar refractivity (Wildman–Crippen MR) is 88.5 cm³/mol. The summed E-state index contributed by atoms with van der Waals surface area (Å²) in [6, 6.07) is 1.65. The largest absolute Gasteiger partial charge is 0.389 e. The molecule has 0 fully saturated rings. The van der Waals surface area contributed by atoms with Crippen molar-refractivity contribution in [3.05, 3.63) is 22.9 Å². The predicted octanol–water partition coefficient (Wildman–Crippen LogP) is 1.48. The molecule has 1 aliphatic rings. The fourth-order valence-corrected chi connectivity index (χ4v) is 2.68. The summed E-state index contributed by atoms with van der Waals surface area (Å²) in [4.78, 5) is 18.8.